The predicted molar refractivity (Wildman–Crippen MR) is 79.4 cm³/mol. The van der Waals surface area contributed by atoms with Gasteiger partial charge >= 0.3 is 0 Å². The highest BCUT2D eigenvalue weighted by Crippen LogP contribution is 2.10. The van der Waals surface area contributed by atoms with Gasteiger partial charge in [-0.05, 0) is 43.3 Å². The van der Waals surface area contributed by atoms with Gasteiger partial charge in [-0.2, -0.15) is 0 Å². The summed E-state index contributed by atoms with van der Waals surface area (Å²) in [5.41, 5.74) is 2.07. The van der Waals surface area contributed by atoms with Gasteiger partial charge in [-0.1, -0.05) is 30.0 Å². The summed E-state index contributed by atoms with van der Waals surface area (Å²) in [6.07, 6.45) is 0. The first kappa shape index (κ1) is 13.0. The largest absolute Gasteiger partial charge is 0.497 e. The average Bonchev–Trinajstić information content (AvgIpc) is 2.47. The van der Waals surface area contributed by atoms with E-state index in [1.807, 2.05) is 61.5 Å². The first-order chi connectivity index (χ1) is 9.28. The minimum Gasteiger partial charge on any atom is -0.497 e. The second kappa shape index (κ2) is 6.51. The molecular formula is C17H17NO. The van der Waals surface area contributed by atoms with Gasteiger partial charge in [0.2, 0.25) is 0 Å². The number of anilines is 1. The highest BCUT2D eigenvalue weighted by atomic mass is 16.5. The molecule has 2 rings (SSSR count). The Morgan fingerprint density at radius 3 is 2.32 bits per heavy atom. The number of hydrogen-bond donors (Lipinski definition) is 1. The van der Waals surface area contributed by atoms with Crippen molar-refractivity contribution in [1.29, 1.82) is 0 Å². The van der Waals surface area contributed by atoms with Crippen LogP contribution in [0.4, 0.5) is 5.69 Å². The molecule has 1 atom stereocenters. The summed E-state index contributed by atoms with van der Waals surface area (Å²) in [5.74, 6) is 7.18. The molecule has 0 aliphatic rings. The maximum atomic E-state index is 5.11. The molecule has 0 spiro atoms. The van der Waals surface area contributed by atoms with Crippen LogP contribution in [0, 0.1) is 11.8 Å². The maximum absolute atomic E-state index is 5.11. The Labute approximate surface area is 114 Å². The molecule has 0 heterocycles. The van der Waals surface area contributed by atoms with Crippen molar-refractivity contribution in [3.8, 4) is 17.6 Å². The normalized spacial score (nSPS) is 11.1. The summed E-state index contributed by atoms with van der Waals surface area (Å²) >= 11 is 0. The van der Waals surface area contributed by atoms with Crippen molar-refractivity contribution >= 4 is 5.69 Å². The van der Waals surface area contributed by atoms with Gasteiger partial charge in [-0.25, -0.2) is 0 Å². The molecule has 2 aromatic rings. The third-order valence-corrected chi connectivity index (χ3v) is 2.68. The summed E-state index contributed by atoms with van der Waals surface area (Å²) in [5, 5.41) is 3.34. The third kappa shape index (κ3) is 4.08. The van der Waals surface area contributed by atoms with E-state index in [1.165, 1.54) is 0 Å². The summed E-state index contributed by atoms with van der Waals surface area (Å²) < 4.78 is 5.11. The van der Waals surface area contributed by atoms with E-state index in [2.05, 4.69) is 17.2 Å². The third-order valence-electron chi connectivity index (χ3n) is 2.68. The van der Waals surface area contributed by atoms with Crippen LogP contribution in [0.2, 0.25) is 0 Å². The Morgan fingerprint density at radius 2 is 1.68 bits per heavy atom. The van der Waals surface area contributed by atoms with Crippen molar-refractivity contribution in [3.05, 3.63) is 60.2 Å². The highest BCUT2D eigenvalue weighted by molar-refractivity contribution is 5.46. The number of methoxy groups -OCH3 is 1. The van der Waals surface area contributed by atoms with Gasteiger partial charge in [0.1, 0.15) is 5.75 Å². The molecular weight excluding hydrogens is 234 g/mol. The molecule has 0 aromatic heterocycles. The zero-order valence-electron chi connectivity index (χ0n) is 11.2. The van der Waals surface area contributed by atoms with Crippen LogP contribution in [0.3, 0.4) is 0 Å². The topological polar surface area (TPSA) is 21.3 Å². The highest BCUT2D eigenvalue weighted by Gasteiger charge is 1.96. The van der Waals surface area contributed by atoms with Crippen molar-refractivity contribution < 1.29 is 4.74 Å². The van der Waals surface area contributed by atoms with Gasteiger partial charge < -0.3 is 10.1 Å². The van der Waals surface area contributed by atoms with Crippen LogP contribution in [0.1, 0.15) is 12.5 Å². The fourth-order valence-corrected chi connectivity index (χ4v) is 1.69. The van der Waals surface area contributed by atoms with Gasteiger partial charge in [0.25, 0.3) is 0 Å². The van der Waals surface area contributed by atoms with E-state index in [9.17, 15) is 0 Å². The summed E-state index contributed by atoms with van der Waals surface area (Å²) in [6.45, 7) is 2.05. The fraction of sp³-hybridized carbons (Fsp3) is 0.176. The molecule has 2 nitrogen and oxygen atoms in total. The van der Waals surface area contributed by atoms with E-state index in [-0.39, 0.29) is 6.04 Å². The van der Waals surface area contributed by atoms with Crippen LogP contribution < -0.4 is 10.1 Å². The smallest absolute Gasteiger partial charge is 0.118 e. The number of para-hydroxylation sites is 1. The molecule has 0 bridgehead atoms. The van der Waals surface area contributed by atoms with E-state index in [1.54, 1.807) is 7.11 Å². The Hall–Kier alpha value is -2.40. The lowest BCUT2D eigenvalue weighted by Crippen LogP contribution is -2.12. The lowest BCUT2D eigenvalue weighted by molar-refractivity contribution is 0.415. The van der Waals surface area contributed by atoms with Gasteiger partial charge in [0.05, 0.1) is 13.2 Å². The quantitative estimate of drug-likeness (QED) is 0.842. The van der Waals surface area contributed by atoms with Gasteiger partial charge in [-0.15, -0.1) is 0 Å². The van der Waals surface area contributed by atoms with Gasteiger partial charge in [0.15, 0.2) is 0 Å². The van der Waals surface area contributed by atoms with E-state index >= 15 is 0 Å². The van der Waals surface area contributed by atoms with Crippen LogP contribution in [0.25, 0.3) is 0 Å². The molecule has 2 aromatic carbocycles. The van der Waals surface area contributed by atoms with Crippen molar-refractivity contribution in [2.45, 2.75) is 13.0 Å². The van der Waals surface area contributed by atoms with E-state index in [4.69, 9.17) is 4.74 Å². The molecule has 19 heavy (non-hydrogen) atoms. The average molecular weight is 251 g/mol. The minimum atomic E-state index is 0.101. The first-order valence-corrected chi connectivity index (χ1v) is 6.25. The number of ether oxygens (including phenoxy) is 1. The Bertz CT molecular complexity index is 564. The van der Waals surface area contributed by atoms with Gasteiger partial charge in [-0.3, -0.25) is 0 Å². The second-order valence-corrected chi connectivity index (χ2v) is 4.23. The maximum Gasteiger partial charge on any atom is 0.118 e. The van der Waals surface area contributed by atoms with Crippen molar-refractivity contribution in [1.82, 2.24) is 0 Å². The molecule has 1 N–H and O–H groups in total. The van der Waals surface area contributed by atoms with E-state index in [0.717, 1.165) is 17.0 Å². The SMILES string of the molecule is COc1ccc(C#C[C@@H](C)Nc2ccccc2)cc1. The number of hydrogen-bond acceptors (Lipinski definition) is 2. The van der Waals surface area contributed by atoms with Crippen molar-refractivity contribution in [3.63, 3.8) is 0 Å². The fourth-order valence-electron chi connectivity index (χ4n) is 1.69. The standard InChI is InChI=1S/C17H17NO/c1-14(18-16-6-4-3-5-7-16)8-9-15-10-12-17(19-2)13-11-15/h3-7,10-14,18H,1-2H3/t14-/m1/s1. The second-order valence-electron chi connectivity index (χ2n) is 4.23. The summed E-state index contributed by atoms with van der Waals surface area (Å²) in [6, 6.07) is 17.9. The lowest BCUT2D eigenvalue weighted by Gasteiger charge is -2.08. The Morgan fingerprint density at radius 1 is 1.00 bits per heavy atom. The number of benzene rings is 2. The molecule has 0 amide bonds. The van der Waals surface area contributed by atoms with E-state index in [0.29, 0.717) is 0 Å². The Balaban J connectivity index is 1.98. The molecule has 2 heteroatoms. The van der Waals surface area contributed by atoms with Crippen LogP contribution >= 0.6 is 0 Å². The first-order valence-electron chi connectivity index (χ1n) is 6.25. The molecule has 0 aliphatic carbocycles. The van der Waals surface area contributed by atoms with Crippen LogP contribution in [0.15, 0.2) is 54.6 Å². The minimum absolute atomic E-state index is 0.101. The Kier molecular flexibility index (Phi) is 4.47. The van der Waals surface area contributed by atoms with Crippen LogP contribution in [-0.4, -0.2) is 13.2 Å². The number of nitrogens with one attached hydrogen (secondary N) is 1. The van der Waals surface area contributed by atoms with Crippen molar-refractivity contribution in [2.75, 3.05) is 12.4 Å². The molecule has 0 fully saturated rings. The molecule has 0 radical (unpaired) electrons. The number of rotatable bonds is 3. The lowest BCUT2D eigenvalue weighted by atomic mass is 10.2. The molecule has 0 saturated carbocycles. The van der Waals surface area contributed by atoms with E-state index < -0.39 is 0 Å². The summed E-state index contributed by atoms with van der Waals surface area (Å²) in [7, 11) is 1.66. The van der Waals surface area contributed by atoms with Crippen LogP contribution in [0.5, 0.6) is 5.75 Å². The summed E-state index contributed by atoms with van der Waals surface area (Å²) in [4.78, 5) is 0. The van der Waals surface area contributed by atoms with Crippen LogP contribution in [-0.2, 0) is 0 Å². The van der Waals surface area contributed by atoms with Gasteiger partial charge in [0, 0.05) is 11.3 Å². The molecule has 0 saturated heterocycles. The molecule has 0 unspecified atom stereocenters. The van der Waals surface area contributed by atoms with Crippen molar-refractivity contribution in [2.24, 2.45) is 0 Å². The monoisotopic (exact) mass is 251 g/mol. The molecule has 0 aliphatic heterocycles. The zero-order chi connectivity index (χ0) is 13.5. The zero-order valence-corrected chi connectivity index (χ0v) is 11.2. The molecule has 96 valence electrons. The predicted octanol–water partition coefficient (Wildman–Crippen LogP) is 3.55.